The van der Waals surface area contributed by atoms with Crippen molar-refractivity contribution in [1.82, 2.24) is 0 Å². The quantitative estimate of drug-likeness (QED) is 0.699. The largest absolute Gasteiger partial charge is 0.486 e. The van der Waals surface area contributed by atoms with Crippen LogP contribution < -0.4 is 4.74 Å². The maximum atomic E-state index is 6.09. The lowest BCUT2D eigenvalue weighted by Gasteiger charge is -2.11. The van der Waals surface area contributed by atoms with E-state index in [4.69, 9.17) is 27.9 Å². The van der Waals surface area contributed by atoms with Crippen molar-refractivity contribution >= 4 is 39.1 Å². The van der Waals surface area contributed by atoms with Gasteiger partial charge in [0.25, 0.3) is 0 Å². The Labute approximate surface area is 125 Å². The van der Waals surface area contributed by atoms with E-state index < -0.39 is 0 Å². The van der Waals surface area contributed by atoms with Gasteiger partial charge in [0, 0.05) is 5.02 Å². The topological polar surface area (TPSA) is 9.23 Å². The van der Waals surface area contributed by atoms with Gasteiger partial charge in [-0.15, -0.1) is 0 Å². The lowest BCUT2D eigenvalue weighted by molar-refractivity contribution is 0.304. The van der Waals surface area contributed by atoms with Crippen molar-refractivity contribution in [3.63, 3.8) is 0 Å². The van der Waals surface area contributed by atoms with Gasteiger partial charge in [0.05, 0.1) is 9.50 Å². The molecular formula is C14H11BrCl2O. The van der Waals surface area contributed by atoms with Crippen LogP contribution in [-0.4, -0.2) is 0 Å². The first-order chi connectivity index (χ1) is 8.56. The first-order valence-corrected chi connectivity index (χ1v) is 6.94. The highest BCUT2D eigenvalue weighted by Gasteiger charge is 2.08. The van der Waals surface area contributed by atoms with E-state index in [1.165, 1.54) is 5.56 Å². The molecule has 0 radical (unpaired) electrons. The Kier molecular flexibility index (Phi) is 4.55. The second-order valence-electron chi connectivity index (χ2n) is 3.98. The SMILES string of the molecule is Cc1cccc(COc2c(Cl)cc(Cl)cc2Br)c1. The fraction of sp³-hybridized carbons (Fsp3) is 0.143. The van der Waals surface area contributed by atoms with E-state index in [1.54, 1.807) is 12.1 Å². The van der Waals surface area contributed by atoms with Crippen molar-refractivity contribution in [2.45, 2.75) is 13.5 Å². The van der Waals surface area contributed by atoms with Crippen LogP contribution in [0.5, 0.6) is 5.75 Å². The number of hydrogen-bond donors (Lipinski definition) is 0. The molecule has 0 aromatic heterocycles. The average Bonchev–Trinajstić information content (AvgIpc) is 2.27. The molecule has 0 unspecified atom stereocenters. The Balaban J connectivity index is 2.16. The number of ether oxygens (including phenoxy) is 1. The van der Waals surface area contributed by atoms with Gasteiger partial charge in [0.1, 0.15) is 6.61 Å². The van der Waals surface area contributed by atoms with E-state index in [1.807, 2.05) is 12.1 Å². The van der Waals surface area contributed by atoms with E-state index in [0.717, 1.165) is 10.0 Å². The van der Waals surface area contributed by atoms with Crippen molar-refractivity contribution in [3.8, 4) is 5.75 Å². The fourth-order valence-corrected chi connectivity index (χ4v) is 2.99. The highest BCUT2D eigenvalue weighted by atomic mass is 79.9. The molecule has 0 heterocycles. The third-order valence-corrected chi connectivity index (χ3v) is 3.52. The van der Waals surface area contributed by atoms with E-state index in [2.05, 4.69) is 35.0 Å². The Morgan fingerprint density at radius 3 is 2.61 bits per heavy atom. The van der Waals surface area contributed by atoms with Crippen LogP contribution in [-0.2, 0) is 6.61 Å². The van der Waals surface area contributed by atoms with Crippen molar-refractivity contribution in [1.29, 1.82) is 0 Å². The molecule has 18 heavy (non-hydrogen) atoms. The van der Waals surface area contributed by atoms with E-state index >= 15 is 0 Å². The molecule has 0 bridgehead atoms. The van der Waals surface area contributed by atoms with Gasteiger partial charge >= 0.3 is 0 Å². The van der Waals surface area contributed by atoms with Gasteiger partial charge in [-0.05, 0) is 40.5 Å². The zero-order valence-corrected chi connectivity index (χ0v) is 12.8. The zero-order valence-electron chi connectivity index (χ0n) is 9.71. The van der Waals surface area contributed by atoms with E-state index in [9.17, 15) is 0 Å². The molecule has 0 fully saturated rings. The summed E-state index contributed by atoms with van der Waals surface area (Å²) in [5, 5.41) is 1.08. The Morgan fingerprint density at radius 1 is 1.17 bits per heavy atom. The van der Waals surface area contributed by atoms with Crippen molar-refractivity contribution in [2.75, 3.05) is 0 Å². The summed E-state index contributed by atoms with van der Waals surface area (Å²) in [4.78, 5) is 0. The normalized spacial score (nSPS) is 10.4. The van der Waals surface area contributed by atoms with Crippen LogP contribution in [0.3, 0.4) is 0 Å². The lowest BCUT2D eigenvalue weighted by atomic mass is 10.1. The lowest BCUT2D eigenvalue weighted by Crippen LogP contribution is -1.97. The van der Waals surface area contributed by atoms with Crippen LogP contribution >= 0.6 is 39.1 Å². The summed E-state index contributed by atoms with van der Waals surface area (Å²) in [7, 11) is 0. The molecule has 2 rings (SSSR count). The van der Waals surface area contributed by atoms with Gasteiger partial charge in [0.2, 0.25) is 0 Å². The molecular weight excluding hydrogens is 335 g/mol. The Bertz CT molecular complexity index is 546. The average molecular weight is 346 g/mol. The van der Waals surface area contributed by atoms with Crippen LogP contribution in [0.2, 0.25) is 10.0 Å². The standard InChI is InChI=1S/C14H11BrCl2O/c1-9-3-2-4-10(5-9)8-18-14-12(15)6-11(16)7-13(14)17/h2-7H,8H2,1H3. The van der Waals surface area contributed by atoms with Gasteiger partial charge < -0.3 is 4.74 Å². The van der Waals surface area contributed by atoms with Gasteiger partial charge in [0.15, 0.2) is 5.75 Å². The number of aryl methyl sites for hydroxylation is 1. The van der Waals surface area contributed by atoms with E-state index in [0.29, 0.717) is 22.4 Å². The summed E-state index contributed by atoms with van der Waals surface area (Å²) in [6.45, 7) is 2.52. The van der Waals surface area contributed by atoms with Gasteiger partial charge in [-0.3, -0.25) is 0 Å². The molecule has 0 atom stereocenters. The maximum Gasteiger partial charge on any atom is 0.152 e. The van der Waals surface area contributed by atoms with Gasteiger partial charge in [-0.25, -0.2) is 0 Å². The molecule has 1 nitrogen and oxygen atoms in total. The third kappa shape index (κ3) is 3.41. The minimum absolute atomic E-state index is 0.474. The van der Waals surface area contributed by atoms with Gasteiger partial charge in [-0.2, -0.15) is 0 Å². The van der Waals surface area contributed by atoms with Crippen LogP contribution in [0.4, 0.5) is 0 Å². The molecule has 0 saturated carbocycles. The second kappa shape index (κ2) is 5.96. The Morgan fingerprint density at radius 2 is 1.94 bits per heavy atom. The molecule has 94 valence electrons. The highest BCUT2D eigenvalue weighted by molar-refractivity contribution is 9.10. The molecule has 0 aliphatic carbocycles. The van der Waals surface area contributed by atoms with Crippen LogP contribution in [0.25, 0.3) is 0 Å². The number of rotatable bonds is 3. The first-order valence-electron chi connectivity index (χ1n) is 5.39. The summed E-state index contributed by atoms with van der Waals surface area (Å²) in [6.07, 6.45) is 0. The summed E-state index contributed by atoms with van der Waals surface area (Å²) in [5.41, 5.74) is 2.31. The predicted octanol–water partition coefficient (Wildman–Crippen LogP) is 5.64. The molecule has 0 N–H and O–H groups in total. The minimum Gasteiger partial charge on any atom is -0.486 e. The summed E-state index contributed by atoms with van der Waals surface area (Å²) >= 11 is 15.4. The Hall–Kier alpha value is -0.700. The number of halogens is 3. The van der Waals surface area contributed by atoms with E-state index in [-0.39, 0.29) is 0 Å². The monoisotopic (exact) mass is 344 g/mol. The molecule has 4 heteroatoms. The van der Waals surface area contributed by atoms with Crippen molar-refractivity contribution in [2.24, 2.45) is 0 Å². The minimum atomic E-state index is 0.474. The van der Waals surface area contributed by atoms with Gasteiger partial charge in [-0.1, -0.05) is 53.0 Å². The highest BCUT2D eigenvalue weighted by Crippen LogP contribution is 2.36. The first kappa shape index (κ1) is 13.7. The fourth-order valence-electron chi connectivity index (χ4n) is 1.62. The molecule has 2 aromatic carbocycles. The molecule has 0 spiro atoms. The van der Waals surface area contributed by atoms with Crippen LogP contribution in [0, 0.1) is 6.92 Å². The zero-order chi connectivity index (χ0) is 13.1. The smallest absolute Gasteiger partial charge is 0.152 e. The van der Waals surface area contributed by atoms with Crippen molar-refractivity contribution in [3.05, 3.63) is 62.0 Å². The molecule has 0 aliphatic heterocycles. The van der Waals surface area contributed by atoms with Crippen LogP contribution in [0.1, 0.15) is 11.1 Å². The number of hydrogen-bond acceptors (Lipinski definition) is 1. The third-order valence-electron chi connectivity index (χ3n) is 2.43. The summed E-state index contributed by atoms with van der Waals surface area (Å²) < 4.78 is 6.48. The second-order valence-corrected chi connectivity index (χ2v) is 5.67. The summed E-state index contributed by atoms with van der Waals surface area (Å²) in [5.74, 6) is 0.613. The van der Waals surface area contributed by atoms with Crippen LogP contribution in [0.15, 0.2) is 40.9 Å². The predicted molar refractivity (Wildman–Crippen MR) is 79.7 cm³/mol. The molecule has 0 aliphatic rings. The molecule has 0 saturated heterocycles. The number of benzene rings is 2. The van der Waals surface area contributed by atoms with Crippen molar-refractivity contribution < 1.29 is 4.74 Å². The summed E-state index contributed by atoms with van der Waals surface area (Å²) in [6, 6.07) is 11.6. The maximum absolute atomic E-state index is 6.09. The molecule has 2 aromatic rings. The molecule has 0 amide bonds.